The summed E-state index contributed by atoms with van der Waals surface area (Å²) in [7, 11) is 0. The predicted octanol–water partition coefficient (Wildman–Crippen LogP) is 2.78. The Kier molecular flexibility index (Phi) is 2.50. The first-order valence-electron chi connectivity index (χ1n) is 5.22. The largest absolute Gasteiger partial charge is 0.383 e. The van der Waals surface area contributed by atoms with Crippen LogP contribution >= 0.6 is 0 Å². The van der Waals surface area contributed by atoms with Gasteiger partial charge in [0.25, 0.3) is 0 Å². The van der Waals surface area contributed by atoms with E-state index in [9.17, 15) is 4.39 Å². The van der Waals surface area contributed by atoms with Crippen molar-refractivity contribution in [2.45, 2.75) is 26.7 Å². The lowest BCUT2D eigenvalue weighted by Crippen LogP contribution is -2.03. The van der Waals surface area contributed by atoms with E-state index >= 15 is 0 Å². The summed E-state index contributed by atoms with van der Waals surface area (Å²) in [6, 6.07) is 3.10. The van der Waals surface area contributed by atoms with Crippen molar-refractivity contribution in [3.8, 4) is 0 Å². The second kappa shape index (κ2) is 3.70. The number of nitrogens with two attached hydrogens (primary N) is 1. The highest BCUT2D eigenvalue weighted by molar-refractivity contribution is 5.88. The van der Waals surface area contributed by atoms with E-state index in [1.54, 1.807) is 13.0 Å². The normalized spacial score (nSPS) is 11.3. The SMILES string of the molecule is Cc1cc2c(N)nc(C(C)C)nc2cc1F. The topological polar surface area (TPSA) is 51.8 Å². The zero-order valence-corrected chi connectivity index (χ0v) is 9.58. The highest BCUT2D eigenvalue weighted by atomic mass is 19.1. The molecule has 1 aromatic heterocycles. The second-order valence-corrected chi connectivity index (χ2v) is 4.24. The maximum absolute atomic E-state index is 13.4. The first kappa shape index (κ1) is 10.8. The van der Waals surface area contributed by atoms with Crippen molar-refractivity contribution in [1.82, 2.24) is 9.97 Å². The summed E-state index contributed by atoms with van der Waals surface area (Å²) in [5.74, 6) is 0.974. The van der Waals surface area contributed by atoms with Crippen LogP contribution in [0.2, 0.25) is 0 Å². The number of hydrogen-bond acceptors (Lipinski definition) is 3. The molecule has 0 spiro atoms. The van der Waals surface area contributed by atoms with Crippen molar-refractivity contribution >= 4 is 16.7 Å². The van der Waals surface area contributed by atoms with Gasteiger partial charge >= 0.3 is 0 Å². The minimum atomic E-state index is -0.264. The summed E-state index contributed by atoms with van der Waals surface area (Å²) in [5, 5.41) is 0.711. The number of halogens is 1. The van der Waals surface area contributed by atoms with Gasteiger partial charge in [-0.15, -0.1) is 0 Å². The third-order valence-corrected chi connectivity index (χ3v) is 2.54. The molecule has 0 aliphatic heterocycles. The number of benzene rings is 1. The molecule has 16 heavy (non-hydrogen) atoms. The molecule has 1 heterocycles. The molecule has 0 fully saturated rings. The molecule has 0 atom stereocenters. The van der Waals surface area contributed by atoms with Crippen molar-refractivity contribution in [2.24, 2.45) is 0 Å². The third-order valence-electron chi connectivity index (χ3n) is 2.54. The monoisotopic (exact) mass is 219 g/mol. The van der Waals surface area contributed by atoms with Crippen LogP contribution in [0.1, 0.15) is 31.2 Å². The number of nitrogen functional groups attached to an aromatic ring is 1. The number of aryl methyl sites for hydroxylation is 1. The van der Waals surface area contributed by atoms with Gasteiger partial charge in [-0.25, -0.2) is 14.4 Å². The van der Waals surface area contributed by atoms with Crippen LogP contribution in [-0.4, -0.2) is 9.97 Å². The number of hydrogen-bond donors (Lipinski definition) is 1. The van der Waals surface area contributed by atoms with Gasteiger partial charge in [-0.2, -0.15) is 0 Å². The van der Waals surface area contributed by atoms with Crippen LogP contribution in [0, 0.1) is 12.7 Å². The van der Waals surface area contributed by atoms with Crippen LogP contribution in [0.25, 0.3) is 10.9 Å². The molecule has 2 rings (SSSR count). The van der Waals surface area contributed by atoms with Crippen LogP contribution < -0.4 is 5.73 Å². The Morgan fingerprint density at radius 1 is 1.25 bits per heavy atom. The number of anilines is 1. The zero-order chi connectivity index (χ0) is 11.9. The molecule has 2 aromatic rings. The summed E-state index contributed by atoms with van der Waals surface area (Å²) in [6.07, 6.45) is 0. The lowest BCUT2D eigenvalue weighted by atomic mass is 10.1. The molecule has 4 heteroatoms. The highest BCUT2D eigenvalue weighted by Crippen LogP contribution is 2.23. The predicted molar refractivity (Wildman–Crippen MR) is 62.7 cm³/mol. The first-order chi connectivity index (χ1) is 7.49. The van der Waals surface area contributed by atoms with Gasteiger partial charge in [0.1, 0.15) is 17.5 Å². The molecule has 2 N–H and O–H groups in total. The van der Waals surface area contributed by atoms with E-state index in [1.165, 1.54) is 6.07 Å². The Morgan fingerprint density at radius 2 is 1.94 bits per heavy atom. The number of fused-ring (bicyclic) bond motifs is 1. The average Bonchev–Trinajstić information content (AvgIpc) is 2.20. The maximum atomic E-state index is 13.4. The number of nitrogens with zero attached hydrogens (tertiary/aromatic N) is 2. The van der Waals surface area contributed by atoms with Gasteiger partial charge in [0.05, 0.1) is 5.52 Å². The van der Waals surface area contributed by atoms with Crippen molar-refractivity contribution in [3.05, 3.63) is 29.3 Å². The number of rotatable bonds is 1. The van der Waals surface area contributed by atoms with Crippen molar-refractivity contribution in [3.63, 3.8) is 0 Å². The molecule has 0 aliphatic carbocycles. The number of aromatic nitrogens is 2. The Morgan fingerprint density at radius 3 is 2.56 bits per heavy atom. The summed E-state index contributed by atoms with van der Waals surface area (Å²) >= 11 is 0. The first-order valence-corrected chi connectivity index (χ1v) is 5.22. The maximum Gasteiger partial charge on any atom is 0.135 e. The minimum Gasteiger partial charge on any atom is -0.383 e. The van der Waals surface area contributed by atoms with Gasteiger partial charge in [0, 0.05) is 17.4 Å². The molecule has 0 unspecified atom stereocenters. The quantitative estimate of drug-likeness (QED) is 0.802. The fourth-order valence-corrected chi connectivity index (χ4v) is 1.56. The lowest BCUT2D eigenvalue weighted by Gasteiger charge is -2.08. The Labute approximate surface area is 93.5 Å². The minimum absolute atomic E-state index is 0.177. The standard InChI is InChI=1S/C12H14FN3/c1-6(2)12-15-10-5-9(13)7(3)4-8(10)11(14)16-12/h4-6H,1-3H3,(H2,14,15,16). The Bertz CT molecular complexity index is 549. The van der Waals surface area contributed by atoms with Crippen molar-refractivity contribution in [2.75, 3.05) is 5.73 Å². The van der Waals surface area contributed by atoms with Crippen LogP contribution in [-0.2, 0) is 0 Å². The van der Waals surface area contributed by atoms with Gasteiger partial charge in [0.2, 0.25) is 0 Å². The molecule has 0 amide bonds. The molecule has 0 radical (unpaired) electrons. The van der Waals surface area contributed by atoms with E-state index in [1.807, 2.05) is 13.8 Å². The molecule has 84 valence electrons. The molecule has 3 nitrogen and oxygen atoms in total. The van der Waals surface area contributed by atoms with Gasteiger partial charge in [-0.05, 0) is 18.6 Å². The van der Waals surface area contributed by atoms with Gasteiger partial charge in [-0.1, -0.05) is 13.8 Å². The van der Waals surface area contributed by atoms with E-state index in [0.29, 0.717) is 28.1 Å². The van der Waals surface area contributed by atoms with E-state index < -0.39 is 0 Å². The van der Waals surface area contributed by atoms with Gasteiger partial charge in [-0.3, -0.25) is 0 Å². The second-order valence-electron chi connectivity index (χ2n) is 4.24. The third kappa shape index (κ3) is 1.71. The summed E-state index contributed by atoms with van der Waals surface area (Å²) in [6.45, 7) is 5.65. The summed E-state index contributed by atoms with van der Waals surface area (Å²) in [5.41, 5.74) is 6.96. The summed E-state index contributed by atoms with van der Waals surface area (Å²) < 4.78 is 13.4. The van der Waals surface area contributed by atoms with Crippen LogP contribution in [0.4, 0.5) is 10.2 Å². The van der Waals surface area contributed by atoms with E-state index in [4.69, 9.17) is 5.73 Å². The van der Waals surface area contributed by atoms with Crippen molar-refractivity contribution < 1.29 is 4.39 Å². The van der Waals surface area contributed by atoms with Gasteiger partial charge < -0.3 is 5.73 Å². The summed E-state index contributed by atoms with van der Waals surface area (Å²) in [4.78, 5) is 8.52. The average molecular weight is 219 g/mol. The molecule has 0 saturated heterocycles. The molecule has 1 aromatic carbocycles. The molecule has 0 aliphatic rings. The van der Waals surface area contributed by atoms with Crippen molar-refractivity contribution in [1.29, 1.82) is 0 Å². The lowest BCUT2D eigenvalue weighted by molar-refractivity contribution is 0.620. The molecule has 0 bridgehead atoms. The fourth-order valence-electron chi connectivity index (χ4n) is 1.56. The molecular formula is C12H14FN3. The Hall–Kier alpha value is -1.71. The highest BCUT2D eigenvalue weighted by Gasteiger charge is 2.10. The molecule has 0 saturated carbocycles. The van der Waals surface area contributed by atoms with E-state index in [2.05, 4.69) is 9.97 Å². The Balaban J connectivity index is 2.77. The smallest absolute Gasteiger partial charge is 0.135 e. The van der Waals surface area contributed by atoms with Crippen LogP contribution in [0.15, 0.2) is 12.1 Å². The van der Waals surface area contributed by atoms with Crippen LogP contribution in [0.5, 0.6) is 0 Å². The fraction of sp³-hybridized carbons (Fsp3) is 0.333. The van der Waals surface area contributed by atoms with Gasteiger partial charge in [0.15, 0.2) is 0 Å². The van der Waals surface area contributed by atoms with E-state index in [-0.39, 0.29) is 11.7 Å². The zero-order valence-electron chi connectivity index (χ0n) is 9.58. The van der Waals surface area contributed by atoms with E-state index in [0.717, 1.165) is 0 Å². The van der Waals surface area contributed by atoms with Crippen LogP contribution in [0.3, 0.4) is 0 Å². The molecular weight excluding hydrogens is 205 g/mol.